The summed E-state index contributed by atoms with van der Waals surface area (Å²) in [5, 5.41) is 3.31. The van der Waals surface area contributed by atoms with Crippen LogP contribution in [-0.4, -0.2) is 29.2 Å². The third-order valence-corrected chi connectivity index (χ3v) is 4.10. The number of benzene rings is 2. The van der Waals surface area contributed by atoms with Crippen molar-refractivity contribution >= 4 is 22.5 Å². The highest BCUT2D eigenvalue weighted by Gasteiger charge is 2.11. The minimum absolute atomic E-state index is 0.687. The zero-order chi connectivity index (χ0) is 17.9. The molecule has 4 aromatic rings. The van der Waals surface area contributed by atoms with Crippen molar-refractivity contribution in [3.05, 3.63) is 60.8 Å². The molecule has 0 saturated heterocycles. The van der Waals surface area contributed by atoms with Crippen LogP contribution in [-0.2, 0) is 0 Å². The fraction of sp³-hybridized carbons (Fsp3) is 0.100. The number of hydrogen-bond donors (Lipinski definition) is 2. The number of anilines is 2. The van der Waals surface area contributed by atoms with Crippen molar-refractivity contribution in [1.29, 1.82) is 0 Å². The fourth-order valence-electron chi connectivity index (χ4n) is 2.75. The van der Waals surface area contributed by atoms with Gasteiger partial charge in [-0.2, -0.15) is 0 Å². The van der Waals surface area contributed by atoms with Gasteiger partial charge >= 0.3 is 0 Å². The molecule has 0 radical (unpaired) electrons. The van der Waals surface area contributed by atoms with Crippen molar-refractivity contribution in [2.75, 3.05) is 19.5 Å². The summed E-state index contributed by atoms with van der Waals surface area (Å²) in [6.45, 7) is 0. The normalized spacial score (nSPS) is 10.7. The highest BCUT2D eigenvalue weighted by Crippen LogP contribution is 2.28. The number of nitrogens with one attached hydrogen (secondary N) is 2. The molecule has 0 spiro atoms. The maximum absolute atomic E-state index is 5.27. The van der Waals surface area contributed by atoms with E-state index in [9.17, 15) is 0 Å². The van der Waals surface area contributed by atoms with Crippen LogP contribution in [0.25, 0.3) is 22.4 Å². The number of ether oxygens (including phenoxy) is 2. The average Bonchev–Trinajstić information content (AvgIpc) is 3.13. The van der Waals surface area contributed by atoms with Crippen LogP contribution in [0.1, 0.15) is 0 Å². The first-order chi connectivity index (χ1) is 12.8. The van der Waals surface area contributed by atoms with Crippen molar-refractivity contribution in [3.8, 4) is 22.9 Å². The van der Waals surface area contributed by atoms with E-state index in [1.165, 1.54) is 0 Å². The molecule has 0 aliphatic carbocycles. The van der Waals surface area contributed by atoms with Gasteiger partial charge in [0.15, 0.2) is 5.82 Å². The first kappa shape index (κ1) is 16.0. The topological polar surface area (TPSA) is 72.1 Å². The van der Waals surface area contributed by atoms with Crippen molar-refractivity contribution in [2.24, 2.45) is 0 Å². The first-order valence-electron chi connectivity index (χ1n) is 8.17. The Bertz CT molecular complexity index is 1040. The Kier molecular flexibility index (Phi) is 4.15. The maximum atomic E-state index is 5.27. The van der Waals surface area contributed by atoms with Crippen molar-refractivity contribution in [1.82, 2.24) is 15.0 Å². The van der Waals surface area contributed by atoms with Crippen LogP contribution >= 0.6 is 0 Å². The fourth-order valence-corrected chi connectivity index (χ4v) is 2.75. The predicted octanol–water partition coefficient (Wildman–Crippen LogP) is 4.39. The Morgan fingerprint density at radius 1 is 0.923 bits per heavy atom. The second-order valence-electron chi connectivity index (χ2n) is 5.73. The standard InChI is InChI=1S/C20H18N4O2/c1-25-15-8-6-13(7-9-15)19-23-17-10-11-21-20(18(17)24-19)22-14-4-3-5-16(12-14)26-2/h3-12H,1-2H3,(H,21,22)(H,23,24). The van der Waals surface area contributed by atoms with E-state index in [1.807, 2.05) is 54.6 Å². The number of imidazole rings is 1. The van der Waals surface area contributed by atoms with Gasteiger partial charge in [-0.05, 0) is 42.5 Å². The molecule has 2 aromatic carbocycles. The van der Waals surface area contributed by atoms with E-state index < -0.39 is 0 Å². The Labute approximate surface area is 150 Å². The summed E-state index contributed by atoms with van der Waals surface area (Å²) in [6.07, 6.45) is 1.75. The second-order valence-corrected chi connectivity index (χ2v) is 5.73. The van der Waals surface area contributed by atoms with E-state index in [-0.39, 0.29) is 0 Å². The van der Waals surface area contributed by atoms with Crippen molar-refractivity contribution in [2.45, 2.75) is 0 Å². The van der Waals surface area contributed by atoms with Gasteiger partial charge in [-0.3, -0.25) is 0 Å². The molecule has 2 N–H and O–H groups in total. The molecule has 0 unspecified atom stereocenters. The average molecular weight is 346 g/mol. The summed E-state index contributed by atoms with van der Waals surface area (Å²) in [7, 11) is 3.30. The summed E-state index contributed by atoms with van der Waals surface area (Å²) in [5.41, 5.74) is 3.56. The van der Waals surface area contributed by atoms with Crippen molar-refractivity contribution in [3.63, 3.8) is 0 Å². The van der Waals surface area contributed by atoms with Crippen LogP contribution in [0.4, 0.5) is 11.5 Å². The number of hydrogen-bond acceptors (Lipinski definition) is 5. The van der Waals surface area contributed by atoms with Gasteiger partial charge in [-0.15, -0.1) is 0 Å². The SMILES string of the molecule is COc1ccc(-c2nc3c(Nc4cccc(OC)c4)nccc3[nH]2)cc1. The number of rotatable bonds is 5. The predicted molar refractivity (Wildman–Crippen MR) is 102 cm³/mol. The van der Waals surface area contributed by atoms with Gasteiger partial charge in [-0.25, -0.2) is 9.97 Å². The Balaban J connectivity index is 1.70. The van der Waals surface area contributed by atoms with Gasteiger partial charge in [0.2, 0.25) is 0 Å². The zero-order valence-electron chi connectivity index (χ0n) is 14.5. The molecular weight excluding hydrogens is 328 g/mol. The first-order valence-corrected chi connectivity index (χ1v) is 8.17. The minimum atomic E-state index is 0.687. The molecule has 2 heterocycles. The third-order valence-electron chi connectivity index (χ3n) is 4.10. The van der Waals surface area contributed by atoms with E-state index in [2.05, 4.69) is 15.3 Å². The molecule has 0 amide bonds. The second kappa shape index (κ2) is 6.76. The van der Waals surface area contributed by atoms with E-state index in [0.717, 1.165) is 39.6 Å². The largest absolute Gasteiger partial charge is 0.497 e. The highest BCUT2D eigenvalue weighted by atomic mass is 16.5. The van der Waals surface area contributed by atoms with Gasteiger partial charge < -0.3 is 19.8 Å². The van der Waals surface area contributed by atoms with Crippen LogP contribution < -0.4 is 14.8 Å². The monoisotopic (exact) mass is 346 g/mol. The quantitative estimate of drug-likeness (QED) is 0.561. The molecule has 0 fully saturated rings. The summed E-state index contributed by atoms with van der Waals surface area (Å²) in [6, 6.07) is 17.4. The van der Waals surface area contributed by atoms with Gasteiger partial charge in [0.1, 0.15) is 22.8 Å². The molecule has 26 heavy (non-hydrogen) atoms. The molecule has 0 aliphatic rings. The third kappa shape index (κ3) is 3.04. The van der Waals surface area contributed by atoms with E-state index in [4.69, 9.17) is 14.5 Å². The molecule has 6 nitrogen and oxygen atoms in total. The Morgan fingerprint density at radius 3 is 2.50 bits per heavy atom. The number of pyridine rings is 1. The molecule has 0 aliphatic heterocycles. The van der Waals surface area contributed by atoms with Gasteiger partial charge in [0.05, 0.1) is 19.7 Å². The lowest BCUT2D eigenvalue weighted by molar-refractivity contribution is 0.415. The number of H-pyrrole nitrogens is 1. The van der Waals surface area contributed by atoms with Crippen LogP contribution in [0.2, 0.25) is 0 Å². The molecule has 2 aromatic heterocycles. The molecule has 4 rings (SSSR count). The Hall–Kier alpha value is -3.54. The lowest BCUT2D eigenvalue weighted by atomic mass is 10.2. The Morgan fingerprint density at radius 2 is 1.73 bits per heavy atom. The minimum Gasteiger partial charge on any atom is -0.497 e. The molecule has 130 valence electrons. The lowest BCUT2D eigenvalue weighted by Crippen LogP contribution is -1.95. The summed E-state index contributed by atoms with van der Waals surface area (Å²) in [4.78, 5) is 12.5. The lowest BCUT2D eigenvalue weighted by Gasteiger charge is -2.07. The van der Waals surface area contributed by atoms with Crippen LogP contribution in [0.3, 0.4) is 0 Å². The molecule has 0 saturated carbocycles. The highest BCUT2D eigenvalue weighted by molar-refractivity contribution is 5.90. The molecule has 6 heteroatoms. The van der Waals surface area contributed by atoms with Gasteiger partial charge in [0, 0.05) is 23.5 Å². The smallest absolute Gasteiger partial charge is 0.158 e. The molecule has 0 bridgehead atoms. The van der Waals surface area contributed by atoms with E-state index in [1.54, 1.807) is 20.4 Å². The van der Waals surface area contributed by atoms with Crippen LogP contribution in [0.5, 0.6) is 11.5 Å². The van der Waals surface area contributed by atoms with E-state index >= 15 is 0 Å². The number of aromatic nitrogens is 3. The summed E-state index contributed by atoms with van der Waals surface area (Å²) >= 11 is 0. The van der Waals surface area contributed by atoms with E-state index in [0.29, 0.717) is 5.82 Å². The number of nitrogens with zero attached hydrogens (tertiary/aromatic N) is 2. The van der Waals surface area contributed by atoms with Crippen LogP contribution in [0.15, 0.2) is 60.8 Å². The van der Waals surface area contributed by atoms with Crippen LogP contribution in [0, 0.1) is 0 Å². The zero-order valence-corrected chi connectivity index (χ0v) is 14.5. The van der Waals surface area contributed by atoms with Crippen molar-refractivity contribution < 1.29 is 9.47 Å². The summed E-state index contributed by atoms with van der Waals surface area (Å²) in [5.74, 6) is 3.06. The molecule has 0 atom stereocenters. The number of methoxy groups -OCH3 is 2. The number of aromatic amines is 1. The summed E-state index contributed by atoms with van der Waals surface area (Å²) < 4.78 is 10.5. The maximum Gasteiger partial charge on any atom is 0.158 e. The number of fused-ring (bicyclic) bond motifs is 1. The van der Waals surface area contributed by atoms with Gasteiger partial charge in [-0.1, -0.05) is 6.07 Å². The molecular formula is C20H18N4O2. The van der Waals surface area contributed by atoms with Gasteiger partial charge in [0.25, 0.3) is 0 Å².